The number of carbonyl (C=O) groups is 2. The van der Waals surface area contributed by atoms with Gasteiger partial charge in [0.15, 0.2) is 0 Å². The second-order valence-electron chi connectivity index (χ2n) is 6.74. The molecule has 29 heavy (non-hydrogen) atoms. The van der Waals surface area contributed by atoms with Crippen LogP contribution in [0.5, 0.6) is 0 Å². The molecule has 1 heterocycles. The van der Waals surface area contributed by atoms with Crippen molar-refractivity contribution >= 4 is 29.4 Å². The molecule has 0 radical (unpaired) electrons. The van der Waals surface area contributed by atoms with E-state index in [2.05, 4.69) is 10.6 Å². The van der Waals surface area contributed by atoms with Crippen molar-refractivity contribution in [2.75, 3.05) is 36.5 Å². The molecular weight excluding hydrogens is 393 g/mol. The van der Waals surface area contributed by atoms with Crippen LogP contribution in [0.15, 0.2) is 48.5 Å². The van der Waals surface area contributed by atoms with Crippen LogP contribution in [-0.2, 0) is 11.2 Å². The van der Waals surface area contributed by atoms with Gasteiger partial charge in [0, 0.05) is 42.4 Å². The van der Waals surface area contributed by atoms with Crippen molar-refractivity contribution in [1.82, 2.24) is 10.2 Å². The molecule has 3 N–H and O–H groups in total. The predicted molar refractivity (Wildman–Crippen MR) is 112 cm³/mol. The van der Waals surface area contributed by atoms with E-state index in [1.54, 1.807) is 30.3 Å². The summed E-state index contributed by atoms with van der Waals surface area (Å²) in [5, 5.41) is 15.2. The lowest BCUT2D eigenvalue weighted by Crippen LogP contribution is -2.38. The van der Waals surface area contributed by atoms with E-state index in [0.717, 1.165) is 30.2 Å². The monoisotopic (exact) mass is 417 g/mol. The van der Waals surface area contributed by atoms with Crippen LogP contribution < -0.4 is 10.6 Å². The fraction of sp³-hybridized carbons (Fsp3) is 0.333. The molecular formula is C21H24FN3O3S. The molecule has 2 aromatic carbocycles. The van der Waals surface area contributed by atoms with Gasteiger partial charge in [-0.2, -0.15) is 11.8 Å². The van der Waals surface area contributed by atoms with Gasteiger partial charge >= 0.3 is 6.03 Å². The molecule has 0 bridgehead atoms. The summed E-state index contributed by atoms with van der Waals surface area (Å²) in [5.74, 6) is 1.56. The number of halogens is 1. The minimum absolute atomic E-state index is 0.117. The summed E-state index contributed by atoms with van der Waals surface area (Å²) in [6.07, 6.45) is -0.796. The first-order valence-electron chi connectivity index (χ1n) is 9.45. The number of hydrogen-bond donors (Lipinski definition) is 3. The third-order valence-corrected chi connectivity index (χ3v) is 5.59. The minimum Gasteiger partial charge on any atom is -0.386 e. The van der Waals surface area contributed by atoms with Gasteiger partial charge in [-0.05, 0) is 23.8 Å². The largest absolute Gasteiger partial charge is 0.386 e. The summed E-state index contributed by atoms with van der Waals surface area (Å²) in [7, 11) is 0. The fourth-order valence-corrected chi connectivity index (χ4v) is 3.93. The number of benzene rings is 2. The molecule has 2 aromatic rings. The molecule has 3 amide bonds. The second kappa shape index (κ2) is 10.3. The molecule has 1 atom stereocenters. The zero-order chi connectivity index (χ0) is 20.6. The van der Waals surface area contributed by atoms with Crippen molar-refractivity contribution in [2.45, 2.75) is 12.5 Å². The van der Waals surface area contributed by atoms with Crippen LogP contribution in [0.1, 0.15) is 17.2 Å². The van der Waals surface area contributed by atoms with Gasteiger partial charge in [-0.1, -0.05) is 30.3 Å². The molecule has 1 unspecified atom stereocenters. The van der Waals surface area contributed by atoms with Gasteiger partial charge in [-0.3, -0.25) is 4.79 Å². The maximum absolute atomic E-state index is 13.6. The second-order valence-corrected chi connectivity index (χ2v) is 7.96. The van der Waals surface area contributed by atoms with Crippen molar-refractivity contribution in [1.29, 1.82) is 0 Å². The summed E-state index contributed by atoms with van der Waals surface area (Å²) in [4.78, 5) is 26.2. The number of anilines is 1. The van der Waals surface area contributed by atoms with Gasteiger partial charge in [-0.25, -0.2) is 9.18 Å². The molecule has 0 aromatic heterocycles. The molecule has 0 aliphatic carbocycles. The van der Waals surface area contributed by atoms with Gasteiger partial charge in [0.05, 0.1) is 12.5 Å². The Bertz CT molecular complexity index is 841. The van der Waals surface area contributed by atoms with E-state index in [9.17, 15) is 19.1 Å². The third-order valence-electron chi connectivity index (χ3n) is 4.65. The highest BCUT2D eigenvalue weighted by atomic mass is 32.2. The summed E-state index contributed by atoms with van der Waals surface area (Å²) < 4.78 is 13.6. The molecule has 6 nitrogen and oxygen atoms in total. The van der Waals surface area contributed by atoms with Crippen LogP contribution in [0, 0.1) is 5.82 Å². The van der Waals surface area contributed by atoms with E-state index in [-0.39, 0.29) is 18.0 Å². The Hall–Kier alpha value is -2.58. The van der Waals surface area contributed by atoms with E-state index in [1.165, 1.54) is 18.2 Å². The Kier molecular flexibility index (Phi) is 7.48. The van der Waals surface area contributed by atoms with E-state index in [0.29, 0.717) is 12.1 Å². The number of rotatable bonds is 6. The molecule has 3 rings (SSSR count). The molecule has 0 saturated carbocycles. The number of urea groups is 1. The average molecular weight is 418 g/mol. The number of hydrogen-bond acceptors (Lipinski definition) is 4. The van der Waals surface area contributed by atoms with Crippen molar-refractivity contribution in [2.24, 2.45) is 0 Å². The summed E-state index contributed by atoms with van der Waals surface area (Å²) in [6.45, 7) is 1.47. The normalized spacial score (nSPS) is 14.9. The van der Waals surface area contributed by atoms with E-state index in [4.69, 9.17) is 0 Å². The maximum Gasteiger partial charge on any atom is 0.319 e. The van der Waals surface area contributed by atoms with Crippen molar-refractivity contribution in [3.8, 4) is 0 Å². The standard InChI is InChI=1S/C21H24FN3O3S/c22-18-4-2-1-3-17(18)19(26)14-23-21(28)24-16-7-5-15(6-8-16)13-20(27)25-9-11-29-12-10-25/h1-8,19,26H,9-14H2,(H2,23,24,28). The molecule has 8 heteroatoms. The number of amides is 3. The molecule has 1 fully saturated rings. The Balaban J connectivity index is 1.46. The summed E-state index contributed by atoms with van der Waals surface area (Å²) >= 11 is 1.86. The zero-order valence-corrected chi connectivity index (χ0v) is 16.8. The van der Waals surface area contributed by atoms with Crippen LogP contribution >= 0.6 is 11.8 Å². The van der Waals surface area contributed by atoms with Crippen molar-refractivity contribution in [3.05, 3.63) is 65.5 Å². The lowest BCUT2D eigenvalue weighted by atomic mass is 10.1. The number of nitrogens with one attached hydrogen (secondary N) is 2. The highest BCUT2D eigenvalue weighted by Gasteiger charge is 2.17. The van der Waals surface area contributed by atoms with Gasteiger partial charge in [0.1, 0.15) is 5.82 Å². The third kappa shape index (κ3) is 6.20. The Morgan fingerprint density at radius 2 is 1.79 bits per heavy atom. The number of nitrogens with zero attached hydrogens (tertiary/aromatic N) is 1. The summed E-state index contributed by atoms with van der Waals surface area (Å²) in [6, 6.07) is 12.4. The van der Waals surface area contributed by atoms with E-state index < -0.39 is 18.0 Å². The van der Waals surface area contributed by atoms with Gasteiger partial charge in [0.25, 0.3) is 0 Å². The van der Waals surface area contributed by atoms with Crippen LogP contribution in [0.2, 0.25) is 0 Å². The first-order chi connectivity index (χ1) is 14.0. The Labute approximate surface area is 173 Å². The zero-order valence-electron chi connectivity index (χ0n) is 15.9. The number of thioether (sulfide) groups is 1. The topological polar surface area (TPSA) is 81.7 Å². The highest BCUT2D eigenvalue weighted by Crippen LogP contribution is 2.16. The Morgan fingerprint density at radius 3 is 2.48 bits per heavy atom. The van der Waals surface area contributed by atoms with Crippen LogP contribution in [0.4, 0.5) is 14.9 Å². The molecule has 1 saturated heterocycles. The van der Waals surface area contributed by atoms with E-state index >= 15 is 0 Å². The number of aliphatic hydroxyl groups is 1. The van der Waals surface area contributed by atoms with Crippen molar-refractivity contribution < 1.29 is 19.1 Å². The predicted octanol–water partition coefficient (Wildman–Crippen LogP) is 2.80. The lowest BCUT2D eigenvalue weighted by Gasteiger charge is -2.26. The Morgan fingerprint density at radius 1 is 1.10 bits per heavy atom. The van der Waals surface area contributed by atoms with Gasteiger partial charge in [-0.15, -0.1) is 0 Å². The number of aliphatic hydroxyl groups excluding tert-OH is 1. The maximum atomic E-state index is 13.6. The molecule has 154 valence electrons. The SMILES string of the molecule is O=C(NCC(O)c1ccccc1F)Nc1ccc(CC(=O)N2CCSCC2)cc1. The molecule has 0 spiro atoms. The van der Waals surface area contributed by atoms with Crippen LogP contribution in [-0.4, -0.2) is 53.1 Å². The fourth-order valence-electron chi connectivity index (χ4n) is 3.03. The lowest BCUT2D eigenvalue weighted by molar-refractivity contribution is -0.130. The quantitative estimate of drug-likeness (QED) is 0.675. The minimum atomic E-state index is -1.14. The van der Waals surface area contributed by atoms with Crippen molar-refractivity contribution in [3.63, 3.8) is 0 Å². The average Bonchev–Trinajstić information content (AvgIpc) is 2.74. The van der Waals surface area contributed by atoms with Gasteiger partial charge < -0.3 is 20.6 Å². The highest BCUT2D eigenvalue weighted by molar-refractivity contribution is 7.99. The first kappa shape index (κ1) is 21.1. The van der Waals surface area contributed by atoms with Crippen LogP contribution in [0.25, 0.3) is 0 Å². The van der Waals surface area contributed by atoms with E-state index in [1.807, 2.05) is 16.7 Å². The summed E-state index contributed by atoms with van der Waals surface area (Å²) in [5.41, 5.74) is 1.58. The molecule has 1 aliphatic rings. The van der Waals surface area contributed by atoms with Crippen LogP contribution in [0.3, 0.4) is 0 Å². The van der Waals surface area contributed by atoms with Gasteiger partial charge in [0.2, 0.25) is 5.91 Å². The number of carbonyl (C=O) groups excluding carboxylic acids is 2. The molecule has 1 aliphatic heterocycles. The first-order valence-corrected chi connectivity index (χ1v) is 10.6. The smallest absolute Gasteiger partial charge is 0.319 e.